The number of urea groups is 1. The maximum absolute atomic E-state index is 12.4. The Kier molecular flexibility index (Phi) is 5.79. The molecule has 0 aliphatic carbocycles. The van der Waals surface area contributed by atoms with Gasteiger partial charge in [-0.15, -0.1) is 0 Å². The Morgan fingerprint density at radius 1 is 1.19 bits per heavy atom. The van der Waals surface area contributed by atoms with Gasteiger partial charge in [-0.1, -0.05) is 0 Å². The van der Waals surface area contributed by atoms with Gasteiger partial charge in [-0.3, -0.25) is 10.2 Å². The van der Waals surface area contributed by atoms with Gasteiger partial charge in [-0.25, -0.2) is 9.80 Å². The Hall–Kier alpha value is -2.52. The van der Waals surface area contributed by atoms with Crippen molar-refractivity contribution >= 4 is 17.6 Å². The summed E-state index contributed by atoms with van der Waals surface area (Å²) < 4.78 is 15.8. The zero-order chi connectivity index (χ0) is 18.5. The lowest BCUT2D eigenvalue weighted by atomic mass is 10.2. The molecule has 1 atom stereocenters. The summed E-state index contributed by atoms with van der Waals surface area (Å²) in [6.45, 7) is 2.89. The Morgan fingerprint density at radius 3 is 2.62 bits per heavy atom. The molecule has 1 aromatic rings. The standard InChI is InChI=1S/C17H24N4O5/c1-24-14-4-3-13(10-15(14)25-2)21-11-12(9-16(21)22)18-17(23)19-20-5-7-26-8-6-20/h3-4,10,12H,5-9,11H2,1-2H3,(H2,18,19,23)/t12-/m1/s1. The van der Waals surface area contributed by atoms with E-state index in [0.29, 0.717) is 50.0 Å². The number of carbonyl (C=O) groups excluding carboxylic acids is 2. The van der Waals surface area contributed by atoms with Crippen molar-refractivity contribution in [3.8, 4) is 11.5 Å². The van der Waals surface area contributed by atoms with E-state index in [2.05, 4.69) is 10.7 Å². The highest BCUT2D eigenvalue weighted by molar-refractivity contribution is 5.97. The van der Waals surface area contributed by atoms with Crippen LogP contribution in [-0.2, 0) is 9.53 Å². The van der Waals surface area contributed by atoms with E-state index in [0.717, 1.165) is 0 Å². The molecule has 9 heteroatoms. The summed E-state index contributed by atoms with van der Waals surface area (Å²) in [7, 11) is 3.11. The Morgan fingerprint density at radius 2 is 1.92 bits per heavy atom. The van der Waals surface area contributed by atoms with Crippen molar-refractivity contribution in [2.24, 2.45) is 0 Å². The van der Waals surface area contributed by atoms with Crippen LogP contribution < -0.4 is 25.1 Å². The van der Waals surface area contributed by atoms with Crippen LogP contribution in [0.2, 0.25) is 0 Å². The van der Waals surface area contributed by atoms with Gasteiger partial charge in [0.1, 0.15) is 0 Å². The van der Waals surface area contributed by atoms with Crippen LogP contribution in [0.15, 0.2) is 18.2 Å². The first-order chi connectivity index (χ1) is 12.6. The van der Waals surface area contributed by atoms with Gasteiger partial charge in [0.05, 0.1) is 33.5 Å². The summed E-state index contributed by atoms with van der Waals surface area (Å²) in [5.74, 6) is 1.11. The van der Waals surface area contributed by atoms with Crippen molar-refractivity contribution in [1.29, 1.82) is 0 Å². The molecule has 0 aromatic heterocycles. The van der Waals surface area contributed by atoms with E-state index in [9.17, 15) is 9.59 Å². The fraction of sp³-hybridized carbons (Fsp3) is 0.529. The molecule has 26 heavy (non-hydrogen) atoms. The molecule has 2 fully saturated rings. The van der Waals surface area contributed by atoms with Crippen LogP contribution in [0, 0.1) is 0 Å². The number of carbonyl (C=O) groups is 2. The van der Waals surface area contributed by atoms with Gasteiger partial charge in [-0.05, 0) is 12.1 Å². The number of nitrogens with zero attached hydrogens (tertiary/aromatic N) is 2. The quantitative estimate of drug-likeness (QED) is 0.784. The first-order valence-corrected chi connectivity index (χ1v) is 8.53. The molecule has 2 aliphatic heterocycles. The minimum absolute atomic E-state index is 0.0473. The number of amides is 3. The second-order valence-corrected chi connectivity index (χ2v) is 6.13. The lowest BCUT2D eigenvalue weighted by Gasteiger charge is -2.27. The third kappa shape index (κ3) is 4.17. The molecule has 2 saturated heterocycles. The third-order valence-corrected chi connectivity index (χ3v) is 4.41. The number of hydrogen-bond donors (Lipinski definition) is 2. The fourth-order valence-electron chi connectivity index (χ4n) is 3.08. The molecule has 2 aliphatic rings. The van der Waals surface area contributed by atoms with Crippen molar-refractivity contribution in [2.75, 3.05) is 52.0 Å². The summed E-state index contributed by atoms with van der Waals surface area (Å²) in [6, 6.07) is 4.76. The number of benzene rings is 1. The van der Waals surface area contributed by atoms with Gasteiger partial charge >= 0.3 is 6.03 Å². The monoisotopic (exact) mass is 364 g/mol. The molecule has 0 saturated carbocycles. The highest BCUT2D eigenvalue weighted by Gasteiger charge is 2.32. The average molecular weight is 364 g/mol. The topological polar surface area (TPSA) is 92.4 Å². The van der Waals surface area contributed by atoms with Crippen LogP contribution >= 0.6 is 0 Å². The van der Waals surface area contributed by atoms with E-state index >= 15 is 0 Å². The minimum Gasteiger partial charge on any atom is -0.493 e. The number of anilines is 1. The number of hydrogen-bond acceptors (Lipinski definition) is 6. The zero-order valence-corrected chi connectivity index (χ0v) is 15.0. The molecule has 0 spiro atoms. The van der Waals surface area contributed by atoms with Crippen molar-refractivity contribution in [3.05, 3.63) is 18.2 Å². The number of morpholine rings is 1. The maximum Gasteiger partial charge on any atom is 0.329 e. The molecule has 0 radical (unpaired) electrons. The van der Waals surface area contributed by atoms with Crippen LogP contribution in [0.25, 0.3) is 0 Å². The van der Waals surface area contributed by atoms with Crippen molar-refractivity contribution in [1.82, 2.24) is 15.8 Å². The van der Waals surface area contributed by atoms with E-state index in [-0.39, 0.29) is 24.4 Å². The first kappa shape index (κ1) is 18.3. The summed E-state index contributed by atoms with van der Waals surface area (Å²) in [6.07, 6.45) is 0.255. The lowest BCUT2D eigenvalue weighted by molar-refractivity contribution is -0.117. The van der Waals surface area contributed by atoms with Crippen LogP contribution in [0.4, 0.5) is 10.5 Å². The van der Waals surface area contributed by atoms with E-state index in [1.54, 1.807) is 37.3 Å². The largest absolute Gasteiger partial charge is 0.493 e. The predicted molar refractivity (Wildman–Crippen MR) is 94.4 cm³/mol. The number of ether oxygens (including phenoxy) is 3. The minimum atomic E-state index is -0.307. The number of rotatable bonds is 5. The molecule has 1 aromatic carbocycles. The zero-order valence-electron chi connectivity index (χ0n) is 15.0. The van der Waals surface area contributed by atoms with Gasteiger partial charge in [0.15, 0.2) is 11.5 Å². The predicted octanol–water partition coefficient (Wildman–Crippen LogP) is 0.356. The molecule has 142 valence electrons. The van der Waals surface area contributed by atoms with E-state index in [4.69, 9.17) is 14.2 Å². The smallest absolute Gasteiger partial charge is 0.329 e. The van der Waals surface area contributed by atoms with E-state index in [1.165, 1.54) is 0 Å². The van der Waals surface area contributed by atoms with E-state index in [1.807, 2.05) is 5.01 Å². The van der Waals surface area contributed by atoms with Gasteiger partial charge in [0.25, 0.3) is 0 Å². The molecule has 9 nitrogen and oxygen atoms in total. The third-order valence-electron chi connectivity index (χ3n) is 4.41. The van der Waals surface area contributed by atoms with Gasteiger partial charge < -0.3 is 24.4 Å². The summed E-state index contributed by atoms with van der Waals surface area (Å²) in [5.41, 5.74) is 3.50. The van der Waals surface area contributed by atoms with Crippen LogP contribution in [0.1, 0.15) is 6.42 Å². The van der Waals surface area contributed by atoms with Crippen molar-refractivity contribution in [2.45, 2.75) is 12.5 Å². The van der Waals surface area contributed by atoms with Gasteiger partial charge in [0.2, 0.25) is 5.91 Å². The molecule has 3 rings (SSSR count). The SMILES string of the molecule is COc1ccc(N2C[C@H](NC(=O)NN3CCOCC3)CC2=O)cc1OC. The molecule has 3 amide bonds. The van der Waals surface area contributed by atoms with Crippen LogP contribution in [0.3, 0.4) is 0 Å². The first-order valence-electron chi connectivity index (χ1n) is 8.53. The number of methoxy groups -OCH3 is 2. The molecular weight excluding hydrogens is 340 g/mol. The van der Waals surface area contributed by atoms with Crippen molar-refractivity contribution < 1.29 is 23.8 Å². The lowest BCUT2D eigenvalue weighted by Crippen LogP contribution is -2.53. The maximum atomic E-state index is 12.4. The molecule has 2 N–H and O–H groups in total. The Labute approximate surface area is 152 Å². The molecule has 0 unspecified atom stereocenters. The average Bonchev–Trinajstić information content (AvgIpc) is 3.01. The summed E-state index contributed by atoms with van der Waals surface area (Å²) in [4.78, 5) is 26.1. The van der Waals surface area contributed by atoms with Crippen LogP contribution in [0.5, 0.6) is 11.5 Å². The Balaban J connectivity index is 1.58. The molecule has 2 heterocycles. The second-order valence-electron chi connectivity index (χ2n) is 6.13. The van der Waals surface area contributed by atoms with Crippen molar-refractivity contribution in [3.63, 3.8) is 0 Å². The highest BCUT2D eigenvalue weighted by atomic mass is 16.5. The summed E-state index contributed by atoms with van der Waals surface area (Å²) in [5, 5.41) is 4.66. The van der Waals surface area contributed by atoms with E-state index < -0.39 is 0 Å². The Bertz CT molecular complexity index is 663. The second kappa shape index (κ2) is 8.24. The number of nitrogens with one attached hydrogen (secondary N) is 2. The highest BCUT2D eigenvalue weighted by Crippen LogP contribution is 2.33. The fourth-order valence-corrected chi connectivity index (χ4v) is 3.08. The molecule has 0 bridgehead atoms. The van der Waals surface area contributed by atoms with Gasteiger partial charge in [-0.2, -0.15) is 0 Å². The summed E-state index contributed by atoms with van der Waals surface area (Å²) >= 11 is 0. The van der Waals surface area contributed by atoms with Crippen LogP contribution in [-0.4, -0.2) is 70.1 Å². The number of hydrazine groups is 1. The normalized spacial score (nSPS) is 20.8. The molecular formula is C17H24N4O5. The van der Waals surface area contributed by atoms with Gasteiger partial charge in [0, 0.05) is 37.8 Å².